The van der Waals surface area contributed by atoms with Crippen LogP contribution in [0.1, 0.15) is 33.9 Å². The van der Waals surface area contributed by atoms with Crippen molar-refractivity contribution in [3.63, 3.8) is 0 Å². The monoisotopic (exact) mass is 380 g/mol. The Kier molecular flexibility index (Phi) is 5.61. The highest BCUT2D eigenvalue weighted by atomic mass is 15.2. The van der Waals surface area contributed by atoms with Crippen LogP contribution in [0.5, 0.6) is 0 Å². The molecular formula is C25H24N4. The molecule has 0 spiro atoms. The number of aryl methyl sites for hydroxylation is 1. The van der Waals surface area contributed by atoms with E-state index in [1.807, 2.05) is 42.5 Å². The van der Waals surface area contributed by atoms with Crippen LogP contribution < -0.4 is 5.32 Å². The summed E-state index contributed by atoms with van der Waals surface area (Å²) in [5.41, 5.74) is 5.82. The molecule has 0 radical (unpaired) electrons. The molecule has 0 aliphatic rings. The maximum atomic E-state index is 4.74. The molecule has 1 N–H and O–H groups in total. The summed E-state index contributed by atoms with van der Waals surface area (Å²) in [5, 5.41) is 3.40. The Bertz CT molecular complexity index is 1030. The quantitative estimate of drug-likeness (QED) is 0.486. The molecule has 4 heteroatoms. The van der Waals surface area contributed by atoms with Crippen molar-refractivity contribution >= 4 is 11.6 Å². The number of nitrogens with one attached hydrogen (secondary N) is 1. The first kappa shape index (κ1) is 18.8. The molecule has 144 valence electrons. The standard InChI is InChI=1S/C25H24N4/c1-18-10-9-15-22(19(18)2)26-25-28-23(16-20-11-5-3-6-12-20)27-24(29-25)17-21-13-7-4-8-14-21/h3-15H,16-17H2,1-2H3,(H,26,27,28,29). The van der Waals surface area contributed by atoms with E-state index in [0.717, 1.165) is 17.3 Å². The Morgan fingerprint density at radius 1 is 0.621 bits per heavy atom. The lowest BCUT2D eigenvalue weighted by Gasteiger charge is -2.12. The van der Waals surface area contributed by atoms with Crippen LogP contribution in [0.3, 0.4) is 0 Å². The number of anilines is 2. The molecule has 4 nitrogen and oxygen atoms in total. The minimum Gasteiger partial charge on any atom is -0.324 e. The van der Waals surface area contributed by atoms with Gasteiger partial charge < -0.3 is 5.32 Å². The lowest BCUT2D eigenvalue weighted by Crippen LogP contribution is -2.09. The van der Waals surface area contributed by atoms with Gasteiger partial charge in [0.25, 0.3) is 0 Å². The topological polar surface area (TPSA) is 50.7 Å². The summed E-state index contributed by atoms with van der Waals surface area (Å²) in [4.78, 5) is 14.1. The van der Waals surface area contributed by atoms with Crippen LogP contribution in [0.2, 0.25) is 0 Å². The van der Waals surface area contributed by atoms with E-state index < -0.39 is 0 Å². The highest BCUT2D eigenvalue weighted by Gasteiger charge is 2.10. The molecule has 1 heterocycles. The van der Waals surface area contributed by atoms with Gasteiger partial charge in [-0.05, 0) is 42.2 Å². The van der Waals surface area contributed by atoms with Gasteiger partial charge >= 0.3 is 0 Å². The van der Waals surface area contributed by atoms with E-state index in [1.54, 1.807) is 0 Å². The van der Waals surface area contributed by atoms with Gasteiger partial charge in [-0.15, -0.1) is 0 Å². The van der Waals surface area contributed by atoms with E-state index in [1.165, 1.54) is 22.3 Å². The van der Waals surface area contributed by atoms with Gasteiger partial charge in [0, 0.05) is 18.5 Å². The van der Waals surface area contributed by atoms with Crippen molar-refractivity contribution in [1.82, 2.24) is 15.0 Å². The highest BCUT2D eigenvalue weighted by molar-refractivity contribution is 5.60. The molecule has 0 unspecified atom stereocenters. The molecule has 3 aromatic carbocycles. The van der Waals surface area contributed by atoms with Gasteiger partial charge in [0.1, 0.15) is 11.6 Å². The van der Waals surface area contributed by atoms with Crippen molar-refractivity contribution in [2.45, 2.75) is 26.7 Å². The zero-order valence-corrected chi connectivity index (χ0v) is 16.8. The van der Waals surface area contributed by atoms with Gasteiger partial charge in [0.2, 0.25) is 5.95 Å². The molecule has 0 bridgehead atoms. The van der Waals surface area contributed by atoms with E-state index >= 15 is 0 Å². The number of hydrogen-bond donors (Lipinski definition) is 1. The first-order valence-electron chi connectivity index (χ1n) is 9.82. The van der Waals surface area contributed by atoms with Crippen LogP contribution in [-0.2, 0) is 12.8 Å². The second kappa shape index (κ2) is 8.65. The number of benzene rings is 3. The molecule has 0 fully saturated rings. The highest BCUT2D eigenvalue weighted by Crippen LogP contribution is 2.21. The SMILES string of the molecule is Cc1cccc(Nc2nc(Cc3ccccc3)nc(Cc3ccccc3)n2)c1C. The Morgan fingerprint density at radius 3 is 1.72 bits per heavy atom. The number of aromatic nitrogens is 3. The van der Waals surface area contributed by atoms with Crippen LogP contribution in [-0.4, -0.2) is 15.0 Å². The maximum Gasteiger partial charge on any atom is 0.230 e. The first-order chi connectivity index (χ1) is 14.2. The molecule has 0 saturated carbocycles. The van der Waals surface area contributed by atoms with E-state index in [0.29, 0.717) is 18.8 Å². The second-order valence-electron chi connectivity index (χ2n) is 7.19. The van der Waals surface area contributed by atoms with Gasteiger partial charge in [-0.2, -0.15) is 9.97 Å². The van der Waals surface area contributed by atoms with Gasteiger partial charge in [-0.25, -0.2) is 4.98 Å². The molecule has 29 heavy (non-hydrogen) atoms. The maximum absolute atomic E-state index is 4.74. The Labute approximate surface area is 171 Å². The predicted molar refractivity (Wildman–Crippen MR) is 118 cm³/mol. The molecule has 0 aliphatic heterocycles. The molecule has 4 rings (SSSR count). The van der Waals surface area contributed by atoms with E-state index in [9.17, 15) is 0 Å². The summed E-state index contributed by atoms with van der Waals surface area (Å²) in [6, 6.07) is 26.8. The van der Waals surface area contributed by atoms with Crippen molar-refractivity contribution in [2.24, 2.45) is 0 Å². The summed E-state index contributed by atoms with van der Waals surface area (Å²) in [5.74, 6) is 2.13. The van der Waals surface area contributed by atoms with Crippen molar-refractivity contribution in [1.29, 1.82) is 0 Å². The van der Waals surface area contributed by atoms with Gasteiger partial charge in [-0.3, -0.25) is 0 Å². The second-order valence-corrected chi connectivity index (χ2v) is 7.19. The van der Waals surface area contributed by atoms with Crippen molar-refractivity contribution < 1.29 is 0 Å². The zero-order chi connectivity index (χ0) is 20.1. The summed E-state index contributed by atoms with van der Waals surface area (Å²) >= 11 is 0. The summed E-state index contributed by atoms with van der Waals surface area (Å²) in [6.45, 7) is 4.21. The van der Waals surface area contributed by atoms with Gasteiger partial charge in [0.15, 0.2) is 0 Å². The molecule has 0 atom stereocenters. The fraction of sp³-hybridized carbons (Fsp3) is 0.160. The molecule has 0 saturated heterocycles. The number of nitrogens with zero attached hydrogens (tertiary/aromatic N) is 3. The summed E-state index contributed by atoms with van der Waals surface area (Å²) in [7, 11) is 0. The third-order valence-corrected chi connectivity index (χ3v) is 4.99. The largest absolute Gasteiger partial charge is 0.324 e. The lowest BCUT2D eigenvalue weighted by molar-refractivity contribution is 0.856. The predicted octanol–water partition coefficient (Wildman–Crippen LogP) is 5.41. The third-order valence-electron chi connectivity index (χ3n) is 4.99. The van der Waals surface area contributed by atoms with Crippen LogP contribution in [0.4, 0.5) is 11.6 Å². The normalized spacial score (nSPS) is 10.7. The molecule has 4 aromatic rings. The van der Waals surface area contributed by atoms with Crippen LogP contribution in [0, 0.1) is 13.8 Å². The summed E-state index contributed by atoms with van der Waals surface area (Å²) in [6.07, 6.45) is 1.35. The Balaban J connectivity index is 1.68. The van der Waals surface area contributed by atoms with Crippen LogP contribution >= 0.6 is 0 Å². The smallest absolute Gasteiger partial charge is 0.230 e. The number of hydrogen-bond acceptors (Lipinski definition) is 4. The molecular weight excluding hydrogens is 356 g/mol. The van der Waals surface area contributed by atoms with Crippen molar-refractivity contribution in [3.05, 3.63) is 113 Å². The minimum absolute atomic E-state index is 0.588. The third kappa shape index (κ3) is 4.85. The van der Waals surface area contributed by atoms with Crippen molar-refractivity contribution in [3.8, 4) is 0 Å². The Hall–Kier alpha value is -3.53. The minimum atomic E-state index is 0.588. The fourth-order valence-corrected chi connectivity index (χ4v) is 3.25. The van der Waals surface area contributed by atoms with Gasteiger partial charge in [-0.1, -0.05) is 72.8 Å². The van der Waals surface area contributed by atoms with Gasteiger partial charge in [0.05, 0.1) is 0 Å². The van der Waals surface area contributed by atoms with Crippen LogP contribution in [0.25, 0.3) is 0 Å². The van der Waals surface area contributed by atoms with E-state index in [2.05, 4.69) is 55.6 Å². The molecule has 0 amide bonds. The van der Waals surface area contributed by atoms with E-state index in [4.69, 9.17) is 15.0 Å². The van der Waals surface area contributed by atoms with E-state index in [-0.39, 0.29) is 0 Å². The average Bonchev–Trinajstić information content (AvgIpc) is 2.73. The lowest BCUT2D eigenvalue weighted by atomic mass is 10.1. The average molecular weight is 380 g/mol. The van der Waals surface area contributed by atoms with Crippen molar-refractivity contribution in [2.75, 3.05) is 5.32 Å². The summed E-state index contributed by atoms with van der Waals surface area (Å²) < 4.78 is 0. The molecule has 1 aromatic heterocycles. The molecule has 0 aliphatic carbocycles. The fourth-order valence-electron chi connectivity index (χ4n) is 3.25. The van der Waals surface area contributed by atoms with Crippen LogP contribution in [0.15, 0.2) is 78.9 Å². The zero-order valence-electron chi connectivity index (χ0n) is 16.8. The first-order valence-corrected chi connectivity index (χ1v) is 9.82. The number of rotatable bonds is 6. The Morgan fingerprint density at radius 2 is 1.17 bits per heavy atom.